The molecule has 2 heterocycles. The first-order valence-corrected chi connectivity index (χ1v) is 9.45. The molecule has 0 saturated heterocycles. The molecule has 0 atom stereocenters. The Hall–Kier alpha value is -1.16. The van der Waals surface area contributed by atoms with E-state index in [2.05, 4.69) is 31.1 Å². The van der Waals surface area contributed by atoms with Gasteiger partial charge in [0.15, 0.2) is 0 Å². The second-order valence-corrected chi connectivity index (χ2v) is 7.11. The van der Waals surface area contributed by atoms with Crippen molar-refractivity contribution in [3.63, 3.8) is 0 Å². The number of hydrogen-bond donors (Lipinski definition) is 0. The van der Waals surface area contributed by atoms with E-state index in [-0.39, 0.29) is 0 Å². The van der Waals surface area contributed by atoms with Crippen molar-refractivity contribution >= 4 is 23.5 Å². The first-order valence-electron chi connectivity index (χ1n) is 7.47. The van der Waals surface area contributed by atoms with Crippen LogP contribution in [0, 0.1) is 0 Å². The number of hydrogen-bond acceptors (Lipinski definition) is 8. The summed E-state index contributed by atoms with van der Waals surface area (Å²) in [4.78, 5) is 0. The van der Waals surface area contributed by atoms with Crippen LogP contribution in [-0.4, -0.2) is 51.9 Å². The molecular weight excluding hydrogens is 320 g/mol. The van der Waals surface area contributed by atoms with E-state index in [4.69, 9.17) is 0 Å². The van der Waals surface area contributed by atoms with Crippen molar-refractivity contribution in [2.75, 3.05) is 11.5 Å². The Balaban J connectivity index is 1.39. The van der Waals surface area contributed by atoms with Crippen molar-refractivity contribution in [1.82, 2.24) is 40.4 Å². The van der Waals surface area contributed by atoms with Gasteiger partial charge in [-0.05, 0) is 33.7 Å². The molecule has 2 aromatic heterocycles. The number of tetrazole rings is 2. The first kappa shape index (κ1) is 17.2. The molecule has 0 aliphatic rings. The zero-order valence-electron chi connectivity index (χ0n) is 13.1. The molecule has 0 aliphatic heterocycles. The van der Waals surface area contributed by atoms with Crippen LogP contribution in [0.1, 0.15) is 38.5 Å². The molecule has 2 rings (SSSR count). The van der Waals surface area contributed by atoms with Gasteiger partial charge in [0.05, 0.1) is 0 Å². The summed E-state index contributed by atoms with van der Waals surface area (Å²) in [5, 5.41) is 24.6. The molecule has 0 aliphatic carbocycles. The molecule has 2 aromatic rings. The van der Waals surface area contributed by atoms with Crippen LogP contribution >= 0.6 is 23.5 Å². The number of aryl methyl sites for hydroxylation is 2. The summed E-state index contributed by atoms with van der Waals surface area (Å²) in [6.45, 7) is 0. The van der Waals surface area contributed by atoms with E-state index in [9.17, 15) is 0 Å². The van der Waals surface area contributed by atoms with E-state index in [0.717, 1.165) is 21.8 Å². The van der Waals surface area contributed by atoms with Gasteiger partial charge in [0.2, 0.25) is 10.3 Å². The maximum absolute atomic E-state index is 3.96. The Morgan fingerprint density at radius 2 is 1.09 bits per heavy atom. The minimum Gasteiger partial charge on any atom is -0.224 e. The van der Waals surface area contributed by atoms with E-state index in [1.165, 1.54) is 38.5 Å². The van der Waals surface area contributed by atoms with Gasteiger partial charge in [0.1, 0.15) is 0 Å². The monoisotopic (exact) mass is 342 g/mol. The maximum atomic E-state index is 3.96. The lowest BCUT2D eigenvalue weighted by molar-refractivity contribution is 0.626. The maximum Gasteiger partial charge on any atom is 0.209 e. The smallest absolute Gasteiger partial charge is 0.209 e. The molecule has 22 heavy (non-hydrogen) atoms. The molecule has 0 spiro atoms. The fourth-order valence-electron chi connectivity index (χ4n) is 1.93. The fraction of sp³-hybridized carbons (Fsp3) is 0.833. The second-order valence-electron chi connectivity index (χ2n) is 4.99. The average molecular weight is 342 g/mol. The highest BCUT2D eigenvalue weighted by molar-refractivity contribution is 7.99. The Morgan fingerprint density at radius 3 is 1.45 bits per heavy atom. The first-order chi connectivity index (χ1) is 10.8. The molecule has 122 valence electrons. The number of aromatic nitrogens is 8. The number of rotatable bonds is 11. The third-order valence-corrected chi connectivity index (χ3v) is 5.36. The SMILES string of the molecule is Cn1nnnc1SCCCCCCCCSc1nnnn1C. The van der Waals surface area contributed by atoms with Gasteiger partial charge in [0, 0.05) is 25.6 Å². The molecule has 0 amide bonds. The van der Waals surface area contributed by atoms with Crippen molar-refractivity contribution in [3.8, 4) is 0 Å². The Morgan fingerprint density at radius 1 is 0.682 bits per heavy atom. The van der Waals surface area contributed by atoms with E-state index >= 15 is 0 Å². The van der Waals surface area contributed by atoms with Gasteiger partial charge in [-0.2, -0.15) is 0 Å². The van der Waals surface area contributed by atoms with Gasteiger partial charge in [-0.1, -0.05) is 49.2 Å². The summed E-state index contributed by atoms with van der Waals surface area (Å²) < 4.78 is 3.43. The van der Waals surface area contributed by atoms with Crippen LogP contribution in [-0.2, 0) is 14.1 Å². The van der Waals surface area contributed by atoms with Gasteiger partial charge < -0.3 is 0 Å². The molecule has 0 N–H and O–H groups in total. The summed E-state index contributed by atoms with van der Waals surface area (Å²) in [6.07, 6.45) is 7.59. The fourth-order valence-corrected chi connectivity index (χ4v) is 3.62. The molecule has 0 radical (unpaired) electrons. The summed E-state index contributed by atoms with van der Waals surface area (Å²) in [5.41, 5.74) is 0. The van der Waals surface area contributed by atoms with E-state index in [0.29, 0.717) is 0 Å². The second kappa shape index (κ2) is 9.78. The van der Waals surface area contributed by atoms with Crippen molar-refractivity contribution in [1.29, 1.82) is 0 Å². The van der Waals surface area contributed by atoms with Crippen LogP contribution in [0.5, 0.6) is 0 Å². The lowest BCUT2D eigenvalue weighted by Gasteiger charge is -2.02. The molecule has 10 heteroatoms. The molecule has 0 bridgehead atoms. The lowest BCUT2D eigenvalue weighted by Crippen LogP contribution is -1.94. The Labute approximate surface area is 138 Å². The summed E-state index contributed by atoms with van der Waals surface area (Å²) >= 11 is 3.46. The zero-order chi connectivity index (χ0) is 15.6. The Kier molecular flexibility index (Phi) is 7.64. The van der Waals surface area contributed by atoms with Gasteiger partial charge in [0.25, 0.3) is 0 Å². The van der Waals surface area contributed by atoms with Crippen LogP contribution in [0.15, 0.2) is 10.3 Å². The zero-order valence-corrected chi connectivity index (χ0v) is 14.7. The average Bonchev–Trinajstić information content (AvgIpc) is 3.10. The number of unbranched alkanes of at least 4 members (excludes halogenated alkanes) is 5. The predicted octanol–water partition coefficient (Wildman–Crippen LogP) is 1.96. The minimum atomic E-state index is 0.898. The topological polar surface area (TPSA) is 87.2 Å². The van der Waals surface area contributed by atoms with Gasteiger partial charge >= 0.3 is 0 Å². The molecular formula is C12H22N8S2. The predicted molar refractivity (Wildman–Crippen MR) is 86.7 cm³/mol. The van der Waals surface area contributed by atoms with Crippen LogP contribution in [0.4, 0.5) is 0 Å². The molecule has 8 nitrogen and oxygen atoms in total. The van der Waals surface area contributed by atoms with Gasteiger partial charge in [-0.15, -0.1) is 10.2 Å². The number of nitrogens with zero attached hydrogens (tertiary/aromatic N) is 8. The highest BCUT2D eigenvalue weighted by Gasteiger charge is 2.03. The third kappa shape index (κ3) is 5.91. The van der Waals surface area contributed by atoms with Crippen LogP contribution < -0.4 is 0 Å². The Bertz CT molecular complexity index is 492. The highest BCUT2D eigenvalue weighted by atomic mass is 32.2. The van der Waals surface area contributed by atoms with Crippen LogP contribution in [0.2, 0.25) is 0 Å². The van der Waals surface area contributed by atoms with Crippen LogP contribution in [0.25, 0.3) is 0 Å². The van der Waals surface area contributed by atoms with E-state index in [1.807, 2.05) is 14.1 Å². The standard InChI is InChI=1S/C12H22N8S2/c1-19-11(13-15-17-19)21-9-7-5-3-4-6-8-10-22-12-14-16-18-20(12)2/h3-10H2,1-2H3. The summed E-state index contributed by atoms with van der Waals surface area (Å²) in [5.74, 6) is 2.17. The van der Waals surface area contributed by atoms with E-state index in [1.54, 1.807) is 32.9 Å². The highest BCUT2D eigenvalue weighted by Crippen LogP contribution is 2.17. The molecule has 0 unspecified atom stereocenters. The normalized spacial score (nSPS) is 11.2. The molecule has 0 aromatic carbocycles. The summed E-state index contributed by atoms with van der Waals surface area (Å²) in [7, 11) is 3.74. The van der Waals surface area contributed by atoms with Crippen molar-refractivity contribution in [2.45, 2.75) is 48.8 Å². The van der Waals surface area contributed by atoms with Gasteiger partial charge in [-0.3, -0.25) is 0 Å². The third-order valence-electron chi connectivity index (χ3n) is 3.16. The molecule has 0 fully saturated rings. The quantitative estimate of drug-likeness (QED) is 0.452. The van der Waals surface area contributed by atoms with Crippen LogP contribution in [0.3, 0.4) is 0 Å². The lowest BCUT2D eigenvalue weighted by atomic mass is 10.1. The van der Waals surface area contributed by atoms with E-state index < -0.39 is 0 Å². The van der Waals surface area contributed by atoms with Crippen molar-refractivity contribution in [2.24, 2.45) is 14.1 Å². The minimum absolute atomic E-state index is 0.898. The van der Waals surface area contributed by atoms with Crippen molar-refractivity contribution < 1.29 is 0 Å². The van der Waals surface area contributed by atoms with Crippen molar-refractivity contribution in [3.05, 3.63) is 0 Å². The summed E-state index contributed by atoms with van der Waals surface area (Å²) in [6, 6.07) is 0. The largest absolute Gasteiger partial charge is 0.224 e. The number of thioether (sulfide) groups is 2. The van der Waals surface area contributed by atoms with Gasteiger partial charge in [-0.25, -0.2) is 9.36 Å². The molecule has 0 saturated carbocycles.